The molecule has 0 amide bonds. The van der Waals surface area contributed by atoms with Crippen molar-refractivity contribution in [1.82, 2.24) is 4.98 Å². The lowest BCUT2D eigenvalue weighted by atomic mass is 10.2. The summed E-state index contributed by atoms with van der Waals surface area (Å²) < 4.78 is 30.0. The van der Waals surface area contributed by atoms with Crippen LogP contribution in [0.5, 0.6) is 5.75 Å². The third kappa shape index (κ3) is 4.69. The third-order valence-corrected chi connectivity index (χ3v) is 4.39. The molecular weight excluding hydrogens is 342 g/mol. The lowest BCUT2D eigenvalue weighted by molar-refractivity contribution is 0.0734. The van der Waals surface area contributed by atoms with Crippen LogP contribution in [-0.4, -0.2) is 38.7 Å². The van der Waals surface area contributed by atoms with Crippen molar-refractivity contribution >= 4 is 27.5 Å². The SMILES string of the molecule is CS(=O)(=O)Nc1ccc(OC(=O)c2ccc(N3CCCC3)nc2)cc1. The zero-order valence-electron chi connectivity index (χ0n) is 13.8. The second-order valence-corrected chi connectivity index (χ2v) is 7.64. The molecule has 0 bridgehead atoms. The van der Waals surface area contributed by atoms with Gasteiger partial charge in [0, 0.05) is 25.0 Å². The zero-order valence-corrected chi connectivity index (χ0v) is 14.6. The zero-order chi connectivity index (χ0) is 17.9. The second-order valence-electron chi connectivity index (χ2n) is 5.89. The summed E-state index contributed by atoms with van der Waals surface area (Å²) in [6.07, 6.45) is 4.90. The van der Waals surface area contributed by atoms with Crippen LogP contribution in [0.2, 0.25) is 0 Å². The predicted molar refractivity (Wildman–Crippen MR) is 95.6 cm³/mol. The predicted octanol–water partition coefficient (Wildman–Crippen LogP) is 2.27. The number of nitrogens with zero attached hydrogens (tertiary/aromatic N) is 2. The Balaban J connectivity index is 1.63. The van der Waals surface area contributed by atoms with Gasteiger partial charge in [-0.25, -0.2) is 18.2 Å². The summed E-state index contributed by atoms with van der Waals surface area (Å²) in [6, 6.07) is 9.62. The fraction of sp³-hybridized carbons (Fsp3) is 0.294. The maximum absolute atomic E-state index is 12.2. The molecular formula is C17H19N3O4S. The molecule has 2 heterocycles. The lowest BCUT2D eigenvalue weighted by Crippen LogP contribution is -2.19. The molecule has 0 unspecified atom stereocenters. The molecule has 1 aliphatic heterocycles. The van der Waals surface area contributed by atoms with Gasteiger partial charge in [0.15, 0.2) is 0 Å². The second kappa shape index (κ2) is 7.10. The van der Waals surface area contributed by atoms with Crippen LogP contribution in [0.25, 0.3) is 0 Å². The lowest BCUT2D eigenvalue weighted by Gasteiger charge is -2.16. The van der Waals surface area contributed by atoms with Crippen LogP contribution in [0.3, 0.4) is 0 Å². The van der Waals surface area contributed by atoms with Crippen LogP contribution >= 0.6 is 0 Å². The molecule has 0 aliphatic carbocycles. The van der Waals surface area contributed by atoms with Crippen molar-refractivity contribution in [2.45, 2.75) is 12.8 Å². The van der Waals surface area contributed by atoms with Gasteiger partial charge in [-0.05, 0) is 49.2 Å². The van der Waals surface area contributed by atoms with E-state index in [1.807, 2.05) is 6.07 Å². The van der Waals surface area contributed by atoms with E-state index in [0.717, 1.165) is 38.0 Å². The van der Waals surface area contributed by atoms with Gasteiger partial charge in [0.25, 0.3) is 0 Å². The van der Waals surface area contributed by atoms with Crippen molar-refractivity contribution in [2.75, 3.05) is 29.0 Å². The van der Waals surface area contributed by atoms with Gasteiger partial charge in [0.1, 0.15) is 11.6 Å². The van der Waals surface area contributed by atoms with E-state index >= 15 is 0 Å². The standard InChI is InChI=1S/C17H19N3O4S/c1-25(22,23)19-14-5-7-15(8-6-14)24-17(21)13-4-9-16(18-12-13)20-10-2-3-11-20/h4-9,12,19H,2-3,10-11H2,1H3. The van der Waals surface area contributed by atoms with Gasteiger partial charge in [-0.3, -0.25) is 4.72 Å². The van der Waals surface area contributed by atoms with Gasteiger partial charge < -0.3 is 9.64 Å². The van der Waals surface area contributed by atoms with Gasteiger partial charge >= 0.3 is 5.97 Å². The molecule has 1 aromatic carbocycles. The first-order valence-electron chi connectivity index (χ1n) is 7.92. The van der Waals surface area contributed by atoms with Crippen LogP contribution in [0.1, 0.15) is 23.2 Å². The van der Waals surface area contributed by atoms with E-state index in [0.29, 0.717) is 17.0 Å². The maximum Gasteiger partial charge on any atom is 0.345 e. The summed E-state index contributed by atoms with van der Waals surface area (Å²) >= 11 is 0. The highest BCUT2D eigenvalue weighted by molar-refractivity contribution is 7.92. The molecule has 1 saturated heterocycles. The van der Waals surface area contributed by atoms with Gasteiger partial charge in [0.2, 0.25) is 10.0 Å². The van der Waals surface area contributed by atoms with Gasteiger partial charge in [-0.1, -0.05) is 0 Å². The van der Waals surface area contributed by atoms with E-state index in [1.54, 1.807) is 6.07 Å². The summed E-state index contributed by atoms with van der Waals surface area (Å²) in [4.78, 5) is 18.7. The smallest absolute Gasteiger partial charge is 0.345 e. The Labute approximate surface area is 146 Å². The summed E-state index contributed by atoms with van der Waals surface area (Å²) in [7, 11) is -3.34. The van der Waals surface area contributed by atoms with E-state index in [4.69, 9.17) is 4.74 Å². The number of nitrogens with one attached hydrogen (secondary N) is 1. The number of ether oxygens (including phenoxy) is 1. The van der Waals surface area contributed by atoms with Crippen LogP contribution in [0, 0.1) is 0 Å². The van der Waals surface area contributed by atoms with Gasteiger partial charge in [-0.2, -0.15) is 0 Å². The maximum atomic E-state index is 12.2. The molecule has 0 radical (unpaired) electrons. The monoisotopic (exact) mass is 361 g/mol. The quantitative estimate of drug-likeness (QED) is 0.649. The minimum atomic E-state index is -3.34. The molecule has 2 aromatic rings. The first-order chi connectivity index (χ1) is 11.9. The molecule has 0 atom stereocenters. The van der Waals surface area contributed by atoms with Gasteiger partial charge in [0.05, 0.1) is 11.8 Å². The number of hydrogen-bond acceptors (Lipinski definition) is 6. The molecule has 8 heteroatoms. The van der Waals surface area contributed by atoms with Crippen molar-refractivity contribution in [1.29, 1.82) is 0 Å². The molecule has 1 aromatic heterocycles. The summed E-state index contributed by atoms with van der Waals surface area (Å²) in [5.41, 5.74) is 0.764. The van der Waals surface area contributed by atoms with Crippen molar-refractivity contribution < 1.29 is 17.9 Å². The fourth-order valence-electron chi connectivity index (χ4n) is 2.61. The Bertz CT molecular complexity index is 842. The Kier molecular flexibility index (Phi) is 4.89. The van der Waals surface area contributed by atoms with E-state index in [9.17, 15) is 13.2 Å². The molecule has 0 spiro atoms. The minimum Gasteiger partial charge on any atom is -0.423 e. The van der Waals surface area contributed by atoms with Crippen molar-refractivity contribution in [3.05, 3.63) is 48.2 Å². The number of benzene rings is 1. The van der Waals surface area contributed by atoms with E-state index in [1.165, 1.54) is 30.5 Å². The van der Waals surface area contributed by atoms with E-state index < -0.39 is 16.0 Å². The van der Waals surface area contributed by atoms with Crippen LogP contribution in [0.4, 0.5) is 11.5 Å². The highest BCUT2D eigenvalue weighted by atomic mass is 32.2. The molecule has 3 rings (SSSR count). The highest BCUT2D eigenvalue weighted by Crippen LogP contribution is 2.20. The first-order valence-corrected chi connectivity index (χ1v) is 9.81. The average molecular weight is 361 g/mol. The molecule has 132 valence electrons. The molecule has 1 fully saturated rings. The van der Waals surface area contributed by atoms with Crippen molar-refractivity contribution in [3.8, 4) is 5.75 Å². The Morgan fingerprint density at radius 1 is 1.12 bits per heavy atom. The Morgan fingerprint density at radius 3 is 2.36 bits per heavy atom. The summed E-state index contributed by atoms with van der Waals surface area (Å²) in [5.74, 6) is 0.683. The van der Waals surface area contributed by atoms with E-state index in [-0.39, 0.29) is 0 Å². The van der Waals surface area contributed by atoms with E-state index in [2.05, 4.69) is 14.6 Å². The molecule has 1 N–H and O–H groups in total. The molecule has 25 heavy (non-hydrogen) atoms. The number of sulfonamides is 1. The average Bonchev–Trinajstić information content (AvgIpc) is 3.10. The normalized spacial score (nSPS) is 14.4. The number of aromatic nitrogens is 1. The number of hydrogen-bond donors (Lipinski definition) is 1. The number of carbonyl (C=O) groups excluding carboxylic acids is 1. The summed E-state index contributed by atoms with van der Waals surface area (Å²) in [5, 5.41) is 0. The molecule has 0 saturated carbocycles. The topological polar surface area (TPSA) is 88.6 Å². The number of esters is 1. The first kappa shape index (κ1) is 17.2. The van der Waals surface area contributed by atoms with Crippen LogP contribution < -0.4 is 14.4 Å². The minimum absolute atomic E-state index is 0.327. The third-order valence-electron chi connectivity index (χ3n) is 3.78. The summed E-state index contributed by atoms with van der Waals surface area (Å²) in [6.45, 7) is 1.98. The van der Waals surface area contributed by atoms with Crippen LogP contribution in [-0.2, 0) is 10.0 Å². The number of pyridine rings is 1. The Hall–Kier alpha value is -2.61. The largest absolute Gasteiger partial charge is 0.423 e. The van der Waals surface area contributed by atoms with Crippen molar-refractivity contribution in [3.63, 3.8) is 0 Å². The Morgan fingerprint density at radius 2 is 1.80 bits per heavy atom. The number of rotatable bonds is 5. The highest BCUT2D eigenvalue weighted by Gasteiger charge is 2.15. The number of anilines is 2. The number of carbonyl (C=O) groups is 1. The van der Waals surface area contributed by atoms with Crippen LogP contribution in [0.15, 0.2) is 42.6 Å². The fourth-order valence-corrected chi connectivity index (χ4v) is 3.18. The molecule has 1 aliphatic rings. The van der Waals surface area contributed by atoms with Crippen molar-refractivity contribution in [2.24, 2.45) is 0 Å². The molecule has 7 nitrogen and oxygen atoms in total. The van der Waals surface area contributed by atoms with Gasteiger partial charge in [-0.15, -0.1) is 0 Å².